The molecule has 1 aromatic carbocycles. The van der Waals surface area contributed by atoms with Crippen LogP contribution >= 0.6 is 23.1 Å². The van der Waals surface area contributed by atoms with E-state index in [0.717, 1.165) is 22.7 Å². The molecule has 2 heterocycles. The highest BCUT2D eigenvalue weighted by atomic mass is 32.2. The van der Waals surface area contributed by atoms with Gasteiger partial charge in [-0.1, -0.05) is 23.1 Å². The van der Waals surface area contributed by atoms with Crippen molar-refractivity contribution < 1.29 is 13.2 Å². The van der Waals surface area contributed by atoms with Gasteiger partial charge < -0.3 is 5.32 Å². The maximum atomic E-state index is 12.5. The minimum Gasteiger partial charge on any atom is -0.325 e. The highest BCUT2D eigenvalue weighted by Gasteiger charge is 2.19. The van der Waals surface area contributed by atoms with Crippen molar-refractivity contribution in [2.75, 3.05) is 10.0 Å². The van der Waals surface area contributed by atoms with Crippen molar-refractivity contribution in [2.24, 2.45) is 0 Å². The highest BCUT2D eigenvalue weighted by molar-refractivity contribution is 8.00. The van der Waals surface area contributed by atoms with Gasteiger partial charge in [0.25, 0.3) is 10.0 Å². The van der Waals surface area contributed by atoms with Gasteiger partial charge in [0.2, 0.25) is 11.0 Å². The van der Waals surface area contributed by atoms with Crippen molar-refractivity contribution in [1.82, 2.24) is 20.2 Å². The SMILES string of the molecule is Cc1cc(C)nc(SC(C)C(=O)Nc2ccc(S(=O)(=O)Nc3nnc(C)s3)cc2)n1. The van der Waals surface area contributed by atoms with Crippen LogP contribution in [0.25, 0.3) is 0 Å². The molecule has 158 valence electrons. The predicted molar refractivity (Wildman–Crippen MR) is 117 cm³/mol. The van der Waals surface area contributed by atoms with Crippen molar-refractivity contribution in [2.45, 2.75) is 43.0 Å². The molecule has 0 radical (unpaired) electrons. The fraction of sp³-hybridized carbons (Fsp3) is 0.278. The summed E-state index contributed by atoms with van der Waals surface area (Å²) >= 11 is 2.40. The Bertz CT molecular complexity index is 1140. The van der Waals surface area contributed by atoms with E-state index in [4.69, 9.17) is 0 Å². The van der Waals surface area contributed by atoms with E-state index in [-0.39, 0.29) is 15.9 Å². The van der Waals surface area contributed by atoms with Crippen molar-refractivity contribution in [3.05, 3.63) is 46.7 Å². The standard InChI is InChI=1S/C18H20N6O3S3/c1-10-9-11(2)20-17(19-10)28-12(3)16(25)21-14-5-7-15(8-6-14)30(26,27)24-18-23-22-13(4)29-18/h5-9,12H,1-4H3,(H,21,25)(H,23,24). The summed E-state index contributed by atoms with van der Waals surface area (Å²) in [6.45, 7) is 7.24. The number of benzene rings is 1. The third-order valence-electron chi connectivity index (χ3n) is 3.79. The second kappa shape index (κ2) is 9.06. The van der Waals surface area contributed by atoms with Gasteiger partial charge in [-0.25, -0.2) is 18.4 Å². The van der Waals surface area contributed by atoms with E-state index in [9.17, 15) is 13.2 Å². The number of rotatable bonds is 7. The van der Waals surface area contributed by atoms with Crippen LogP contribution in [0.1, 0.15) is 23.3 Å². The Morgan fingerprint density at radius 2 is 1.70 bits per heavy atom. The molecule has 1 amide bonds. The molecule has 0 bridgehead atoms. The summed E-state index contributed by atoms with van der Waals surface area (Å²) in [7, 11) is -3.79. The molecule has 1 unspecified atom stereocenters. The number of aryl methyl sites for hydroxylation is 3. The Balaban J connectivity index is 1.63. The Kier molecular flexibility index (Phi) is 6.68. The molecule has 3 aromatic rings. The first-order chi connectivity index (χ1) is 14.1. The van der Waals surface area contributed by atoms with E-state index in [2.05, 4.69) is 30.2 Å². The molecule has 2 aromatic heterocycles. The molecule has 0 spiro atoms. The fourth-order valence-corrected chi connectivity index (χ4v) is 5.13. The highest BCUT2D eigenvalue weighted by Crippen LogP contribution is 2.23. The van der Waals surface area contributed by atoms with Crippen molar-refractivity contribution in [3.63, 3.8) is 0 Å². The van der Waals surface area contributed by atoms with Crippen molar-refractivity contribution >= 4 is 49.8 Å². The van der Waals surface area contributed by atoms with Crippen LogP contribution in [-0.4, -0.2) is 39.7 Å². The molecule has 3 rings (SSSR count). The zero-order chi connectivity index (χ0) is 21.9. The fourth-order valence-electron chi connectivity index (χ4n) is 2.43. The lowest BCUT2D eigenvalue weighted by Crippen LogP contribution is -2.22. The van der Waals surface area contributed by atoms with Crippen molar-refractivity contribution in [1.29, 1.82) is 0 Å². The predicted octanol–water partition coefficient (Wildman–Crippen LogP) is 3.17. The van der Waals surface area contributed by atoms with Gasteiger partial charge in [0.05, 0.1) is 10.1 Å². The Labute approximate surface area is 182 Å². The van der Waals surface area contributed by atoms with Gasteiger partial charge in [0, 0.05) is 17.1 Å². The summed E-state index contributed by atoms with van der Waals surface area (Å²) < 4.78 is 27.3. The van der Waals surface area contributed by atoms with Gasteiger partial charge in [0.15, 0.2) is 5.16 Å². The lowest BCUT2D eigenvalue weighted by Gasteiger charge is -2.12. The second-order valence-electron chi connectivity index (χ2n) is 6.44. The van der Waals surface area contributed by atoms with Gasteiger partial charge >= 0.3 is 0 Å². The van der Waals surface area contributed by atoms with Crippen LogP contribution < -0.4 is 10.0 Å². The summed E-state index contributed by atoms with van der Waals surface area (Å²) in [5.74, 6) is -0.235. The number of hydrogen-bond donors (Lipinski definition) is 2. The van der Waals surface area contributed by atoms with Gasteiger partial charge in [-0.05, 0) is 58.0 Å². The number of nitrogens with one attached hydrogen (secondary N) is 2. The van der Waals surface area contributed by atoms with Crippen LogP contribution in [0.4, 0.5) is 10.8 Å². The van der Waals surface area contributed by atoms with Gasteiger partial charge in [0.1, 0.15) is 5.01 Å². The molecule has 9 nitrogen and oxygen atoms in total. The second-order valence-corrected chi connectivity index (χ2v) is 10.6. The zero-order valence-corrected chi connectivity index (χ0v) is 19.2. The van der Waals surface area contributed by atoms with E-state index >= 15 is 0 Å². The van der Waals surface area contributed by atoms with E-state index in [0.29, 0.717) is 15.9 Å². The number of sulfonamides is 1. The Morgan fingerprint density at radius 1 is 1.07 bits per heavy atom. The lowest BCUT2D eigenvalue weighted by molar-refractivity contribution is -0.115. The van der Waals surface area contributed by atoms with E-state index < -0.39 is 15.3 Å². The first kappa shape index (κ1) is 22.1. The van der Waals surface area contributed by atoms with E-state index in [1.54, 1.807) is 13.8 Å². The number of carbonyl (C=O) groups is 1. The molecule has 0 aliphatic carbocycles. The van der Waals surface area contributed by atoms with Crippen LogP contribution in [-0.2, 0) is 14.8 Å². The van der Waals surface area contributed by atoms with E-state index in [1.165, 1.54) is 36.0 Å². The molecule has 0 aliphatic heterocycles. The maximum Gasteiger partial charge on any atom is 0.263 e. The Hall–Kier alpha value is -2.57. The van der Waals surface area contributed by atoms with Gasteiger partial charge in [-0.15, -0.1) is 10.2 Å². The molecule has 0 fully saturated rings. The number of nitrogens with zero attached hydrogens (tertiary/aromatic N) is 4. The molecule has 30 heavy (non-hydrogen) atoms. The van der Waals surface area contributed by atoms with Crippen LogP contribution in [0, 0.1) is 20.8 Å². The number of hydrogen-bond acceptors (Lipinski definition) is 9. The minimum absolute atomic E-state index is 0.0550. The quantitative estimate of drug-likeness (QED) is 0.403. The molecule has 0 saturated heterocycles. The van der Waals surface area contributed by atoms with Crippen LogP contribution in [0.3, 0.4) is 0 Å². The number of thioether (sulfide) groups is 1. The number of anilines is 2. The lowest BCUT2D eigenvalue weighted by atomic mass is 10.3. The number of aromatic nitrogens is 4. The monoisotopic (exact) mass is 464 g/mol. The van der Waals surface area contributed by atoms with Gasteiger partial charge in [-0.2, -0.15) is 0 Å². The zero-order valence-electron chi connectivity index (χ0n) is 16.7. The molecular weight excluding hydrogens is 444 g/mol. The average molecular weight is 465 g/mol. The molecule has 0 saturated carbocycles. The third-order valence-corrected chi connectivity index (χ3v) is 6.99. The first-order valence-electron chi connectivity index (χ1n) is 8.85. The van der Waals surface area contributed by atoms with Crippen molar-refractivity contribution in [3.8, 4) is 0 Å². The first-order valence-corrected chi connectivity index (χ1v) is 12.0. The summed E-state index contributed by atoms with van der Waals surface area (Å²) in [5.41, 5.74) is 2.16. The Morgan fingerprint density at radius 3 is 2.27 bits per heavy atom. The van der Waals surface area contributed by atoms with Crippen LogP contribution in [0.2, 0.25) is 0 Å². The normalized spacial score (nSPS) is 12.4. The summed E-state index contributed by atoms with van der Waals surface area (Å²) in [6, 6.07) is 7.75. The topological polar surface area (TPSA) is 127 Å². The molecule has 1 atom stereocenters. The van der Waals surface area contributed by atoms with Crippen LogP contribution in [0.5, 0.6) is 0 Å². The molecule has 2 N–H and O–H groups in total. The average Bonchev–Trinajstić information content (AvgIpc) is 3.05. The molecule has 0 aliphatic rings. The summed E-state index contributed by atoms with van der Waals surface area (Å²) in [5, 5.41) is 11.3. The van der Waals surface area contributed by atoms with E-state index in [1.807, 2.05) is 19.9 Å². The minimum atomic E-state index is -3.79. The molecular formula is C18H20N6O3S3. The van der Waals surface area contributed by atoms with Gasteiger partial charge in [-0.3, -0.25) is 9.52 Å². The maximum absolute atomic E-state index is 12.5. The third kappa shape index (κ3) is 5.74. The molecule has 12 heteroatoms. The number of carbonyl (C=O) groups excluding carboxylic acids is 1. The largest absolute Gasteiger partial charge is 0.325 e. The smallest absolute Gasteiger partial charge is 0.263 e. The summed E-state index contributed by atoms with van der Waals surface area (Å²) in [4.78, 5) is 21.2. The summed E-state index contributed by atoms with van der Waals surface area (Å²) in [6.07, 6.45) is 0. The van der Waals surface area contributed by atoms with Crippen LogP contribution in [0.15, 0.2) is 40.4 Å². The number of amides is 1.